The Balaban J connectivity index is 1.53. The monoisotopic (exact) mass is 540 g/mol. The van der Waals surface area contributed by atoms with E-state index in [0.717, 1.165) is 21.9 Å². The van der Waals surface area contributed by atoms with Gasteiger partial charge in [0.25, 0.3) is 5.69 Å². The number of H-pyrrole nitrogens is 1. The van der Waals surface area contributed by atoms with Crippen LogP contribution in [-0.2, 0) is 20.8 Å². The summed E-state index contributed by atoms with van der Waals surface area (Å²) in [5.41, 5.74) is -0.144. The van der Waals surface area contributed by atoms with Crippen molar-refractivity contribution in [1.82, 2.24) is 10.3 Å². The van der Waals surface area contributed by atoms with E-state index in [1.54, 1.807) is 30.5 Å². The summed E-state index contributed by atoms with van der Waals surface area (Å²) in [5.74, 6) is -4.64. The highest BCUT2D eigenvalue weighted by Crippen LogP contribution is 2.52. The lowest BCUT2D eigenvalue weighted by Gasteiger charge is -2.31. The van der Waals surface area contributed by atoms with Crippen LogP contribution in [-0.4, -0.2) is 45.4 Å². The van der Waals surface area contributed by atoms with Gasteiger partial charge in [-0.05, 0) is 23.8 Å². The summed E-state index contributed by atoms with van der Waals surface area (Å²) in [4.78, 5) is 56.2. The average molecular weight is 541 g/mol. The van der Waals surface area contributed by atoms with Crippen LogP contribution in [0.1, 0.15) is 17.2 Å². The van der Waals surface area contributed by atoms with Crippen LogP contribution in [0.15, 0.2) is 79.0 Å². The number of para-hydroxylation sites is 2. The van der Waals surface area contributed by atoms with Gasteiger partial charge in [0.2, 0.25) is 11.8 Å². The molecule has 202 valence electrons. The van der Waals surface area contributed by atoms with Gasteiger partial charge < -0.3 is 14.8 Å². The number of carboxylic acids is 1. The lowest BCUT2D eigenvalue weighted by Crippen LogP contribution is -2.57. The van der Waals surface area contributed by atoms with Crippen LogP contribution in [0.2, 0.25) is 0 Å². The molecule has 3 aromatic carbocycles. The van der Waals surface area contributed by atoms with Gasteiger partial charge in [-0.3, -0.25) is 29.8 Å². The molecule has 0 bridgehead atoms. The number of carboxylic acid groups (broad SMARTS) is 1. The number of benzene rings is 3. The minimum Gasteiger partial charge on any atom is -0.496 e. The van der Waals surface area contributed by atoms with E-state index in [1.807, 2.05) is 24.3 Å². The molecule has 0 aliphatic carbocycles. The zero-order valence-electron chi connectivity index (χ0n) is 21.2. The fourth-order valence-corrected chi connectivity index (χ4v) is 6.21. The van der Waals surface area contributed by atoms with Crippen molar-refractivity contribution in [3.05, 3.63) is 100 Å². The highest BCUT2D eigenvalue weighted by Gasteiger charge is 2.69. The number of imide groups is 1. The summed E-state index contributed by atoms with van der Waals surface area (Å²) in [7, 11) is 1.47. The first kappa shape index (κ1) is 25.3. The molecule has 2 aliphatic rings. The number of aliphatic carboxylic acids is 1. The summed E-state index contributed by atoms with van der Waals surface area (Å²) >= 11 is 0. The molecule has 0 saturated carbocycles. The second kappa shape index (κ2) is 9.31. The lowest BCUT2D eigenvalue weighted by molar-refractivity contribution is -0.384. The molecule has 2 amide bonds. The Bertz CT molecular complexity index is 1700. The maximum atomic E-state index is 14.1. The van der Waals surface area contributed by atoms with E-state index < -0.39 is 46.1 Å². The largest absolute Gasteiger partial charge is 0.496 e. The number of anilines is 1. The van der Waals surface area contributed by atoms with E-state index in [9.17, 15) is 29.6 Å². The number of hydrogen-bond donors (Lipinski definition) is 3. The molecule has 0 radical (unpaired) electrons. The van der Waals surface area contributed by atoms with Crippen LogP contribution >= 0.6 is 0 Å². The molecule has 2 fully saturated rings. The fraction of sp³-hybridized carbons (Fsp3) is 0.207. The van der Waals surface area contributed by atoms with E-state index in [2.05, 4.69) is 10.3 Å². The molecule has 4 atom stereocenters. The number of nitro groups is 1. The maximum Gasteiger partial charge on any atom is 0.325 e. The number of nitro benzene ring substituents is 1. The molecular formula is C29H24N4O7. The number of aromatic amines is 1. The highest BCUT2D eigenvalue weighted by atomic mass is 16.6. The van der Waals surface area contributed by atoms with Crippen LogP contribution in [0.25, 0.3) is 10.9 Å². The smallest absolute Gasteiger partial charge is 0.325 e. The zero-order chi connectivity index (χ0) is 28.2. The summed E-state index contributed by atoms with van der Waals surface area (Å²) in [6.45, 7) is 0. The predicted molar refractivity (Wildman–Crippen MR) is 144 cm³/mol. The van der Waals surface area contributed by atoms with Crippen molar-refractivity contribution in [2.24, 2.45) is 11.8 Å². The van der Waals surface area contributed by atoms with Crippen molar-refractivity contribution in [2.75, 3.05) is 12.0 Å². The Morgan fingerprint density at radius 3 is 2.58 bits per heavy atom. The topological polar surface area (TPSA) is 155 Å². The molecule has 40 heavy (non-hydrogen) atoms. The van der Waals surface area contributed by atoms with Crippen molar-refractivity contribution in [1.29, 1.82) is 0 Å². The van der Waals surface area contributed by atoms with Crippen LogP contribution in [0.3, 0.4) is 0 Å². The molecule has 11 nitrogen and oxygen atoms in total. The van der Waals surface area contributed by atoms with Gasteiger partial charge in [0.1, 0.15) is 11.3 Å². The molecule has 1 aromatic heterocycles. The molecule has 2 saturated heterocycles. The van der Waals surface area contributed by atoms with Gasteiger partial charge in [0, 0.05) is 47.3 Å². The van der Waals surface area contributed by atoms with Gasteiger partial charge in [0.05, 0.1) is 29.6 Å². The molecule has 3 N–H and O–H groups in total. The number of fused-ring (bicyclic) bond motifs is 2. The Morgan fingerprint density at radius 1 is 1.07 bits per heavy atom. The molecule has 4 unspecified atom stereocenters. The second-order valence-electron chi connectivity index (χ2n) is 9.97. The second-order valence-corrected chi connectivity index (χ2v) is 9.97. The van der Waals surface area contributed by atoms with E-state index in [0.29, 0.717) is 16.9 Å². The third kappa shape index (κ3) is 3.66. The van der Waals surface area contributed by atoms with Gasteiger partial charge in [-0.15, -0.1) is 0 Å². The normalized spacial score (nSPS) is 23.9. The summed E-state index contributed by atoms with van der Waals surface area (Å²) in [6.07, 6.45) is 1.61. The third-order valence-corrected chi connectivity index (χ3v) is 7.95. The number of carbonyl (C=O) groups excluding carboxylic acids is 2. The number of nitrogens with zero attached hydrogens (tertiary/aromatic N) is 2. The number of carbonyl (C=O) groups is 3. The van der Waals surface area contributed by atoms with Crippen LogP contribution in [0.5, 0.6) is 5.75 Å². The molecule has 6 rings (SSSR count). The Labute approximate surface area is 227 Å². The molecule has 0 spiro atoms. The molecule has 2 aliphatic heterocycles. The first-order valence-electron chi connectivity index (χ1n) is 12.6. The number of amides is 2. The van der Waals surface area contributed by atoms with Gasteiger partial charge in [-0.25, -0.2) is 4.90 Å². The number of hydrogen-bond acceptors (Lipinski definition) is 7. The number of methoxy groups -OCH3 is 1. The number of non-ortho nitro benzene ring substituents is 1. The zero-order valence-corrected chi connectivity index (χ0v) is 21.2. The van der Waals surface area contributed by atoms with Crippen molar-refractivity contribution >= 4 is 40.1 Å². The quantitative estimate of drug-likeness (QED) is 0.182. The number of aromatic nitrogens is 1. The van der Waals surface area contributed by atoms with Gasteiger partial charge in [0.15, 0.2) is 0 Å². The van der Waals surface area contributed by atoms with Gasteiger partial charge in [-0.2, -0.15) is 0 Å². The van der Waals surface area contributed by atoms with Crippen LogP contribution in [0, 0.1) is 22.0 Å². The van der Waals surface area contributed by atoms with E-state index in [1.165, 1.54) is 25.3 Å². The number of nitrogens with one attached hydrogen (secondary N) is 2. The molecule has 3 heterocycles. The third-order valence-electron chi connectivity index (χ3n) is 7.95. The first-order valence-corrected chi connectivity index (χ1v) is 12.6. The summed E-state index contributed by atoms with van der Waals surface area (Å²) in [5, 5.41) is 26.2. The Hall–Kier alpha value is -5.03. The van der Waals surface area contributed by atoms with Crippen LogP contribution < -0.4 is 15.0 Å². The number of rotatable bonds is 7. The Morgan fingerprint density at radius 2 is 1.82 bits per heavy atom. The number of ether oxygens (including phenoxy) is 1. The lowest BCUT2D eigenvalue weighted by atomic mass is 9.76. The van der Waals surface area contributed by atoms with E-state index in [4.69, 9.17) is 4.74 Å². The van der Waals surface area contributed by atoms with Crippen LogP contribution in [0.4, 0.5) is 11.4 Å². The van der Waals surface area contributed by atoms with Gasteiger partial charge in [-0.1, -0.05) is 42.5 Å². The minimum absolute atomic E-state index is 0.0174. The van der Waals surface area contributed by atoms with E-state index >= 15 is 0 Å². The van der Waals surface area contributed by atoms with Gasteiger partial charge >= 0.3 is 5.97 Å². The van der Waals surface area contributed by atoms with Crippen molar-refractivity contribution < 1.29 is 29.2 Å². The molecule has 11 heteroatoms. The Kier molecular flexibility index (Phi) is 5.88. The predicted octanol–water partition coefficient (Wildman–Crippen LogP) is 3.60. The fourth-order valence-electron chi connectivity index (χ4n) is 6.21. The van der Waals surface area contributed by atoms with Crippen molar-refractivity contribution in [3.8, 4) is 5.75 Å². The minimum atomic E-state index is -1.87. The standard InChI is InChI=1S/C29H24N4O7/c1-40-22-12-5-3-10-20(22)25-23-24(27(35)32(26(23)34)17-7-6-8-18(13-17)33(38)39)29(31-25,28(36)37)14-16-15-30-21-11-4-2-9-19(16)21/h2-13,15,23-25,30-31H,14H2,1H3,(H,36,37). The maximum absolute atomic E-state index is 14.1. The highest BCUT2D eigenvalue weighted by molar-refractivity contribution is 6.24. The summed E-state index contributed by atoms with van der Waals surface area (Å²) < 4.78 is 5.54. The van der Waals surface area contributed by atoms with Crippen molar-refractivity contribution in [2.45, 2.75) is 18.0 Å². The summed E-state index contributed by atoms with van der Waals surface area (Å²) in [6, 6.07) is 18.7. The SMILES string of the molecule is COc1ccccc1C1NC(Cc2c[nH]c3ccccc23)(C(=O)O)C2C(=O)N(c3cccc([N+](=O)[O-])c3)C(=O)C12. The molecular weight excluding hydrogens is 516 g/mol. The van der Waals surface area contributed by atoms with Crippen molar-refractivity contribution in [3.63, 3.8) is 0 Å². The van der Waals surface area contributed by atoms with E-state index in [-0.39, 0.29) is 17.8 Å². The average Bonchev–Trinajstić information content (AvgIpc) is 3.60. The molecule has 4 aromatic rings. The first-order chi connectivity index (χ1) is 19.3.